The van der Waals surface area contributed by atoms with E-state index in [2.05, 4.69) is 16.8 Å². The molecule has 0 amide bonds. The molecule has 20 heavy (non-hydrogen) atoms. The average molecular weight is 278 g/mol. The van der Waals surface area contributed by atoms with Gasteiger partial charge in [-0.1, -0.05) is 6.07 Å². The maximum Gasteiger partial charge on any atom is 0.119 e. The minimum Gasteiger partial charge on any atom is -0.497 e. The first-order valence-corrected chi connectivity index (χ1v) is 7.33. The maximum atomic E-state index is 10.4. The number of aryl methyl sites for hydroxylation is 1. The van der Waals surface area contributed by atoms with Crippen molar-refractivity contribution in [1.29, 1.82) is 0 Å². The van der Waals surface area contributed by atoms with Gasteiger partial charge in [0.25, 0.3) is 0 Å². The van der Waals surface area contributed by atoms with Gasteiger partial charge in [-0.15, -0.1) is 0 Å². The second-order valence-corrected chi connectivity index (χ2v) is 5.67. The fraction of sp³-hybridized carbons (Fsp3) is 0.625. The predicted octanol–water partition coefficient (Wildman–Crippen LogP) is 1.67. The zero-order chi connectivity index (χ0) is 14.5. The average Bonchev–Trinajstić information content (AvgIpc) is 2.46. The summed E-state index contributed by atoms with van der Waals surface area (Å²) in [6, 6.07) is 5.87. The Kier molecular flexibility index (Phi) is 5.40. The van der Waals surface area contributed by atoms with Gasteiger partial charge < -0.3 is 19.6 Å². The molecule has 1 aromatic rings. The molecule has 1 saturated heterocycles. The van der Waals surface area contributed by atoms with Gasteiger partial charge in [-0.25, -0.2) is 0 Å². The maximum absolute atomic E-state index is 10.4. The zero-order valence-electron chi connectivity index (χ0n) is 12.8. The highest BCUT2D eigenvalue weighted by Crippen LogP contribution is 2.24. The van der Waals surface area contributed by atoms with E-state index in [1.165, 1.54) is 0 Å². The van der Waals surface area contributed by atoms with Gasteiger partial charge in [0.2, 0.25) is 0 Å². The number of hydrogen-bond donors (Lipinski definition) is 1. The van der Waals surface area contributed by atoms with E-state index in [4.69, 9.17) is 4.74 Å². The molecule has 1 heterocycles. The van der Waals surface area contributed by atoms with Crippen LogP contribution in [0.5, 0.6) is 5.75 Å². The van der Waals surface area contributed by atoms with Gasteiger partial charge in [0.1, 0.15) is 5.75 Å². The summed E-state index contributed by atoms with van der Waals surface area (Å²) in [7, 11) is 3.82. The first-order valence-electron chi connectivity index (χ1n) is 7.33. The standard InChI is InChI=1S/C16H26N2O2/c1-13-12-14(20-3)4-5-15(13)16(19)6-7-18-10-8-17(2)9-11-18/h4-5,12,16,19H,6-11H2,1-3H3. The molecule has 0 aromatic heterocycles. The van der Waals surface area contributed by atoms with Crippen molar-refractivity contribution in [1.82, 2.24) is 9.80 Å². The third-order valence-electron chi connectivity index (χ3n) is 4.15. The van der Waals surface area contributed by atoms with Gasteiger partial charge in [-0.05, 0) is 43.7 Å². The Bertz CT molecular complexity index is 428. The second-order valence-electron chi connectivity index (χ2n) is 5.67. The Morgan fingerprint density at radius 2 is 1.95 bits per heavy atom. The number of benzene rings is 1. The number of likely N-dealkylation sites (N-methyl/N-ethyl adjacent to an activating group) is 1. The lowest BCUT2D eigenvalue weighted by Gasteiger charge is -2.32. The van der Waals surface area contributed by atoms with E-state index in [1.807, 2.05) is 25.1 Å². The van der Waals surface area contributed by atoms with Crippen molar-refractivity contribution in [3.8, 4) is 5.75 Å². The van der Waals surface area contributed by atoms with E-state index in [-0.39, 0.29) is 6.10 Å². The monoisotopic (exact) mass is 278 g/mol. The summed E-state index contributed by atoms with van der Waals surface area (Å²) in [6.45, 7) is 7.43. The molecule has 1 aliphatic rings. The van der Waals surface area contributed by atoms with Crippen LogP contribution in [0.25, 0.3) is 0 Å². The van der Waals surface area contributed by atoms with Crippen LogP contribution in [-0.2, 0) is 0 Å². The minimum atomic E-state index is -0.388. The molecule has 1 unspecified atom stereocenters. The molecule has 4 heteroatoms. The number of piperazine rings is 1. The van der Waals surface area contributed by atoms with Gasteiger partial charge in [0.05, 0.1) is 13.2 Å². The Hall–Kier alpha value is -1.10. The summed E-state index contributed by atoms with van der Waals surface area (Å²) in [5.41, 5.74) is 2.11. The van der Waals surface area contributed by atoms with Crippen molar-refractivity contribution in [2.75, 3.05) is 46.9 Å². The Morgan fingerprint density at radius 3 is 2.55 bits per heavy atom. The molecule has 4 nitrogen and oxygen atoms in total. The molecule has 1 N–H and O–H groups in total. The number of hydrogen-bond acceptors (Lipinski definition) is 4. The zero-order valence-corrected chi connectivity index (χ0v) is 12.8. The Morgan fingerprint density at radius 1 is 1.25 bits per heavy atom. The van der Waals surface area contributed by atoms with Crippen molar-refractivity contribution in [2.45, 2.75) is 19.4 Å². The molecule has 0 bridgehead atoms. The van der Waals surface area contributed by atoms with Crippen LogP contribution in [0, 0.1) is 6.92 Å². The topological polar surface area (TPSA) is 35.9 Å². The minimum absolute atomic E-state index is 0.388. The van der Waals surface area contributed by atoms with E-state index < -0.39 is 0 Å². The first kappa shape index (κ1) is 15.3. The molecular formula is C16H26N2O2. The van der Waals surface area contributed by atoms with Crippen LogP contribution in [0.2, 0.25) is 0 Å². The van der Waals surface area contributed by atoms with Crippen LogP contribution in [0.3, 0.4) is 0 Å². The molecule has 1 aliphatic heterocycles. The molecule has 1 aromatic carbocycles. The summed E-state index contributed by atoms with van der Waals surface area (Å²) in [4.78, 5) is 4.78. The van der Waals surface area contributed by atoms with E-state index in [1.54, 1.807) is 7.11 Å². The van der Waals surface area contributed by atoms with Crippen LogP contribution in [0.15, 0.2) is 18.2 Å². The van der Waals surface area contributed by atoms with Crippen LogP contribution >= 0.6 is 0 Å². The van der Waals surface area contributed by atoms with E-state index in [0.717, 1.165) is 56.0 Å². The van der Waals surface area contributed by atoms with Crippen molar-refractivity contribution in [2.24, 2.45) is 0 Å². The lowest BCUT2D eigenvalue weighted by Crippen LogP contribution is -2.44. The molecule has 1 atom stereocenters. The van der Waals surface area contributed by atoms with Gasteiger partial charge in [-0.2, -0.15) is 0 Å². The number of methoxy groups -OCH3 is 1. The lowest BCUT2D eigenvalue weighted by molar-refractivity contribution is 0.112. The summed E-state index contributed by atoms with van der Waals surface area (Å²) >= 11 is 0. The molecule has 0 aliphatic carbocycles. The van der Waals surface area contributed by atoms with Crippen LogP contribution in [-0.4, -0.2) is 61.8 Å². The Balaban J connectivity index is 1.87. The quantitative estimate of drug-likeness (QED) is 0.889. The second kappa shape index (κ2) is 7.07. The van der Waals surface area contributed by atoms with Crippen molar-refractivity contribution in [3.63, 3.8) is 0 Å². The smallest absolute Gasteiger partial charge is 0.119 e. The Labute approximate surface area is 122 Å². The molecule has 0 spiro atoms. The van der Waals surface area contributed by atoms with Crippen molar-refractivity contribution >= 4 is 0 Å². The summed E-state index contributed by atoms with van der Waals surface area (Å²) < 4.78 is 5.20. The fourth-order valence-corrected chi connectivity index (χ4v) is 2.68. The number of nitrogens with zero attached hydrogens (tertiary/aromatic N) is 2. The molecule has 112 valence electrons. The predicted molar refractivity (Wildman–Crippen MR) is 81.2 cm³/mol. The number of rotatable bonds is 5. The van der Waals surface area contributed by atoms with E-state index >= 15 is 0 Å². The third kappa shape index (κ3) is 3.95. The van der Waals surface area contributed by atoms with E-state index in [0.29, 0.717) is 0 Å². The highest BCUT2D eigenvalue weighted by atomic mass is 16.5. The summed E-state index contributed by atoms with van der Waals surface area (Å²) in [5, 5.41) is 10.4. The fourth-order valence-electron chi connectivity index (χ4n) is 2.68. The number of aliphatic hydroxyl groups excluding tert-OH is 1. The van der Waals surface area contributed by atoms with Gasteiger partial charge in [-0.3, -0.25) is 0 Å². The highest BCUT2D eigenvalue weighted by Gasteiger charge is 2.16. The summed E-state index contributed by atoms with van der Waals surface area (Å²) in [5.74, 6) is 0.845. The lowest BCUT2D eigenvalue weighted by atomic mass is 10.0. The number of aliphatic hydroxyl groups is 1. The normalized spacial score (nSPS) is 19.0. The first-order chi connectivity index (χ1) is 9.60. The largest absolute Gasteiger partial charge is 0.497 e. The van der Waals surface area contributed by atoms with Gasteiger partial charge in [0.15, 0.2) is 0 Å². The molecular weight excluding hydrogens is 252 g/mol. The number of ether oxygens (including phenoxy) is 1. The molecule has 1 fully saturated rings. The SMILES string of the molecule is COc1ccc(C(O)CCN2CCN(C)CC2)c(C)c1. The molecule has 2 rings (SSSR count). The van der Waals surface area contributed by atoms with Crippen LogP contribution < -0.4 is 4.74 Å². The van der Waals surface area contributed by atoms with Crippen molar-refractivity contribution < 1.29 is 9.84 Å². The van der Waals surface area contributed by atoms with E-state index in [9.17, 15) is 5.11 Å². The van der Waals surface area contributed by atoms with Gasteiger partial charge >= 0.3 is 0 Å². The highest BCUT2D eigenvalue weighted by molar-refractivity contribution is 5.36. The molecule has 0 saturated carbocycles. The van der Waals surface area contributed by atoms with Crippen LogP contribution in [0.4, 0.5) is 0 Å². The summed E-state index contributed by atoms with van der Waals surface area (Å²) in [6.07, 6.45) is 0.400. The van der Waals surface area contributed by atoms with Crippen LogP contribution in [0.1, 0.15) is 23.7 Å². The van der Waals surface area contributed by atoms with Crippen molar-refractivity contribution in [3.05, 3.63) is 29.3 Å². The van der Waals surface area contributed by atoms with Gasteiger partial charge in [0, 0.05) is 32.7 Å². The third-order valence-corrected chi connectivity index (χ3v) is 4.15. The molecule has 0 radical (unpaired) electrons.